The van der Waals surface area contributed by atoms with Gasteiger partial charge in [-0.1, -0.05) is 69.6 Å². The predicted octanol–water partition coefficient (Wildman–Crippen LogP) is 6.29. The van der Waals surface area contributed by atoms with E-state index < -0.39 is 23.5 Å². The summed E-state index contributed by atoms with van der Waals surface area (Å²) in [5, 5.41) is 0. The Morgan fingerprint density at radius 3 is 1.56 bits per heavy atom. The van der Waals surface area contributed by atoms with E-state index in [0.29, 0.717) is 5.82 Å². The highest BCUT2D eigenvalue weighted by molar-refractivity contribution is 5.43. The van der Waals surface area contributed by atoms with E-state index in [-0.39, 0.29) is 19.1 Å². The number of anilines is 1. The number of hydrogen-bond donors (Lipinski definition) is 0. The molecule has 0 unspecified atom stereocenters. The number of halogens is 3. The summed E-state index contributed by atoms with van der Waals surface area (Å²) in [4.78, 5) is 16.3. The molecule has 0 amide bonds. The molecule has 2 aromatic rings. The van der Waals surface area contributed by atoms with Gasteiger partial charge < -0.3 is 14.4 Å². The van der Waals surface area contributed by atoms with E-state index >= 15 is 0 Å². The second-order valence-corrected chi connectivity index (χ2v) is 8.91. The Balaban J connectivity index is 0.000000229. The molecule has 7 nitrogen and oxygen atoms in total. The van der Waals surface area contributed by atoms with Gasteiger partial charge in [0.05, 0.1) is 0 Å². The monoisotopic (exact) mass is 545 g/mol. The summed E-state index contributed by atoms with van der Waals surface area (Å²) in [6, 6.07) is 0. The van der Waals surface area contributed by atoms with Crippen LogP contribution in [0.3, 0.4) is 0 Å². The zero-order valence-electron chi connectivity index (χ0n) is 22.9. The SMILES string of the molecule is C1CCCCCC1.CC#CCOc1ncnc(F)c1F.CC#CCOc1ncnc(N2CCCCCC2)c1F. The summed E-state index contributed by atoms with van der Waals surface area (Å²) in [6.07, 6.45) is 17.3. The first-order valence-electron chi connectivity index (χ1n) is 13.5. The molecule has 3 heterocycles. The standard InChI is InChI=1S/C14H18FN3O.C8H6F2N2O.C7H14/c1-2-3-10-19-14-12(15)13(16-11-17-14)18-8-6-4-5-7-9-18;1-2-3-4-13-8-6(9)7(10)11-5-12-8;1-2-4-6-7-5-3-1/h11H,4-10H2,1H3;5H,4H2,1H3;1-7H2. The highest BCUT2D eigenvalue weighted by Gasteiger charge is 2.19. The zero-order valence-corrected chi connectivity index (χ0v) is 22.9. The van der Waals surface area contributed by atoms with Crippen molar-refractivity contribution in [3.63, 3.8) is 0 Å². The summed E-state index contributed by atoms with van der Waals surface area (Å²) in [5.74, 6) is 7.47. The molecule has 0 N–H and O–H groups in total. The van der Waals surface area contributed by atoms with Crippen molar-refractivity contribution in [3.05, 3.63) is 30.2 Å². The molecule has 0 spiro atoms. The van der Waals surface area contributed by atoms with Crippen molar-refractivity contribution in [1.82, 2.24) is 19.9 Å². The topological polar surface area (TPSA) is 73.3 Å². The van der Waals surface area contributed by atoms with E-state index in [1.807, 2.05) is 4.90 Å². The molecule has 1 saturated carbocycles. The van der Waals surface area contributed by atoms with Crippen LogP contribution in [0.25, 0.3) is 0 Å². The third kappa shape index (κ3) is 12.2. The molecule has 2 fully saturated rings. The van der Waals surface area contributed by atoms with Crippen LogP contribution in [-0.4, -0.2) is 46.2 Å². The van der Waals surface area contributed by atoms with Crippen LogP contribution in [-0.2, 0) is 0 Å². The van der Waals surface area contributed by atoms with Crippen molar-refractivity contribution in [3.8, 4) is 35.4 Å². The van der Waals surface area contributed by atoms with E-state index in [9.17, 15) is 13.2 Å². The van der Waals surface area contributed by atoms with Gasteiger partial charge >= 0.3 is 0 Å². The number of aromatic nitrogens is 4. The average molecular weight is 546 g/mol. The molecule has 1 aliphatic heterocycles. The summed E-state index contributed by atoms with van der Waals surface area (Å²) in [6.45, 7) is 5.11. The lowest BCUT2D eigenvalue weighted by Gasteiger charge is -2.21. The van der Waals surface area contributed by atoms with Gasteiger partial charge in [0, 0.05) is 13.1 Å². The number of rotatable bonds is 5. The maximum atomic E-state index is 14.3. The highest BCUT2D eigenvalue weighted by Crippen LogP contribution is 2.25. The molecule has 0 aromatic carbocycles. The van der Waals surface area contributed by atoms with Gasteiger partial charge in [0.25, 0.3) is 17.7 Å². The Kier molecular flexibility index (Phi) is 15.9. The number of hydrogen-bond acceptors (Lipinski definition) is 7. The number of ether oxygens (including phenoxy) is 2. The third-order valence-corrected chi connectivity index (χ3v) is 6.03. The van der Waals surface area contributed by atoms with Gasteiger partial charge in [-0.05, 0) is 26.7 Å². The van der Waals surface area contributed by atoms with Gasteiger partial charge in [0.2, 0.25) is 11.6 Å². The molecule has 2 aliphatic rings. The van der Waals surface area contributed by atoms with Crippen LogP contribution in [0, 0.1) is 41.3 Å². The Morgan fingerprint density at radius 2 is 1.08 bits per heavy atom. The van der Waals surface area contributed by atoms with E-state index in [0.717, 1.165) is 32.3 Å². The first kappa shape index (κ1) is 31.7. The van der Waals surface area contributed by atoms with Gasteiger partial charge in [-0.3, -0.25) is 0 Å². The average Bonchev–Trinajstić information content (AvgIpc) is 3.42. The minimum atomic E-state index is -1.23. The van der Waals surface area contributed by atoms with E-state index in [1.54, 1.807) is 13.8 Å². The Labute approximate surface area is 230 Å². The van der Waals surface area contributed by atoms with Crippen molar-refractivity contribution >= 4 is 5.82 Å². The first-order valence-corrected chi connectivity index (χ1v) is 13.5. The van der Waals surface area contributed by atoms with Crippen LogP contribution >= 0.6 is 0 Å². The fourth-order valence-electron chi connectivity index (χ4n) is 3.97. The third-order valence-electron chi connectivity index (χ3n) is 6.03. The van der Waals surface area contributed by atoms with Crippen molar-refractivity contribution in [2.75, 3.05) is 31.2 Å². The molecule has 0 atom stereocenters. The lowest BCUT2D eigenvalue weighted by atomic mass is 10.2. The van der Waals surface area contributed by atoms with Crippen LogP contribution in [0.1, 0.15) is 84.5 Å². The summed E-state index contributed by atoms with van der Waals surface area (Å²) < 4.78 is 49.4. The quantitative estimate of drug-likeness (QED) is 0.249. The molecular formula is C29H38F3N5O2. The van der Waals surface area contributed by atoms with Crippen molar-refractivity contribution in [2.45, 2.75) is 84.5 Å². The lowest BCUT2D eigenvalue weighted by Crippen LogP contribution is -2.26. The van der Waals surface area contributed by atoms with E-state index in [2.05, 4.69) is 43.6 Å². The largest absolute Gasteiger partial charge is 0.462 e. The molecule has 2 aromatic heterocycles. The van der Waals surface area contributed by atoms with Crippen LogP contribution in [0.2, 0.25) is 0 Å². The molecule has 39 heavy (non-hydrogen) atoms. The van der Waals surface area contributed by atoms with Gasteiger partial charge in [-0.25, -0.2) is 9.97 Å². The van der Waals surface area contributed by atoms with Crippen LogP contribution in [0.15, 0.2) is 12.7 Å². The molecule has 10 heteroatoms. The maximum Gasteiger partial charge on any atom is 0.257 e. The lowest BCUT2D eigenvalue weighted by molar-refractivity contribution is 0.317. The molecule has 4 rings (SSSR count). The van der Waals surface area contributed by atoms with Crippen LogP contribution < -0.4 is 14.4 Å². The van der Waals surface area contributed by atoms with Crippen molar-refractivity contribution < 1.29 is 22.6 Å². The van der Waals surface area contributed by atoms with Gasteiger partial charge in [0.1, 0.15) is 12.7 Å². The first-order chi connectivity index (χ1) is 19.1. The van der Waals surface area contributed by atoms with Crippen molar-refractivity contribution in [1.29, 1.82) is 0 Å². The normalized spacial score (nSPS) is 14.7. The molecule has 0 radical (unpaired) electrons. The summed E-state index contributed by atoms with van der Waals surface area (Å²) in [5.41, 5.74) is 0. The second-order valence-electron chi connectivity index (χ2n) is 8.91. The molecule has 212 valence electrons. The van der Waals surface area contributed by atoms with Gasteiger partial charge in [0.15, 0.2) is 19.0 Å². The van der Waals surface area contributed by atoms with Gasteiger partial charge in [-0.2, -0.15) is 23.1 Å². The Bertz CT molecular complexity index is 1080. The van der Waals surface area contributed by atoms with Gasteiger partial charge in [-0.15, -0.1) is 11.8 Å². The summed E-state index contributed by atoms with van der Waals surface area (Å²) in [7, 11) is 0. The van der Waals surface area contributed by atoms with E-state index in [1.165, 1.54) is 64.1 Å². The second kappa shape index (κ2) is 19.5. The molecule has 1 aliphatic carbocycles. The molecule has 1 saturated heterocycles. The van der Waals surface area contributed by atoms with Crippen LogP contribution in [0.4, 0.5) is 19.0 Å². The highest BCUT2D eigenvalue weighted by atomic mass is 19.2. The smallest absolute Gasteiger partial charge is 0.257 e. The molecular weight excluding hydrogens is 507 g/mol. The number of nitrogens with zero attached hydrogens (tertiary/aromatic N) is 5. The van der Waals surface area contributed by atoms with Crippen molar-refractivity contribution in [2.24, 2.45) is 0 Å². The zero-order chi connectivity index (χ0) is 28.1. The fraction of sp³-hybridized carbons (Fsp3) is 0.586. The summed E-state index contributed by atoms with van der Waals surface area (Å²) >= 11 is 0. The van der Waals surface area contributed by atoms with Crippen LogP contribution in [0.5, 0.6) is 11.8 Å². The maximum absolute atomic E-state index is 14.3. The van der Waals surface area contributed by atoms with E-state index in [4.69, 9.17) is 9.47 Å². The Hall–Kier alpha value is -3.53. The predicted molar refractivity (Wildman–Crippen MR) is 145 cm³/mol. The Morgan fingerprint density at radius 1 is 0.641 bits per heavy atom. The molecule has 0 bridgehead atoms. The minimum absolute atomic E-state index is 0.0167. The fourth-order valence-corrected chi connectivity index (χ4v) is 3.97. The minimum Gasteiger partial charge on any atom is -0.462 e.